The Labute approximate surface area is 152 Å². The molecule has 3 rings (SSSR count). The standard InChI is InChI=1S/C17H14FN5O4/c18-13-3-7-15(8-4-13)27-14-5-1-12(2-6-14)9-19-16(24)10-22-11-20-17(21-22)23(25)26/h1-8,11H,9-10H2,(H,19,24). The molecule has 1 N–H and O–H groups in total. The van der Waals surface area contributed by atoms with Crippen LogP contribution < -0.4 is 10.1 Å². The highest BCUT2D eigenvalue weighted by molar-refractivity contribution is 5.75. The third-order valence-electron chi connectivity index (χ3n) is 3.46. The van der Waals surface area contributed by atoms with Gasteiger partial charge < -0.3 is 20.2 Å². The smallest absolute Gasteiger partial charge is 0.457 e. The van der Waals surface area contributed by atoms with Crippen molar-refractivity contribution >= 4 is 11.9 Å². The second kappa shape index (κ2) is 8.04. The molecule has 138 valence electrons. The maximum atomic E-state index is 12.9. The minimum Gasteiger partial charge on any atom is -0.457 e. The molecule has 0 radical (unpaired) electrons. The van der Waals surface area contributed by atoms with Gasteiger partial charge in [0, 0.05) is 11.6 Å². The summed E-state index contributed by atoms with van der Waals surface area (Å²) in [6, 6.07) is 12.7. The summed E-state index contributed by atoms with van der Waals surface area (Å²) in [5, 5.41) is 16.8. The topological polar surface area (TPSA) is 112 Å². The summed E-state index contributed by atoms with van der Waals surface area (Å²) in [6.07, 6.45) is 1.12. The van der Waals surface area contributed by atoms with Crippen molar-refractivity contribution in [2.75, 3.05) is 0 Å². The van der Waals surface area contributed by atoms with Crippen molar-refractivity contribution < 1.29 is 18.8 Å². The maximum Gasteiger partial charge on any atom is 0.490 e. The van der Waals surface area contributed by atoms with Crippen molar-refractivity contribution in [3.63, 3.8) is 0 Å². The Hall–Kier alpha value is -3.82. The van der Waals surface area contributed by atoms with Crippen molar-refractivity contribution in [2.24, 2.45) is 0 Å². The van der Waals surface area contributed by atoms with Crippen LogP contribution in [0.4, 0.5) is 10.3 Å². The second-order valence-corrected chi connectivity index (χ2v) is 5.48. The van der Waals surface area contributed by atoms with E-state index in [1.54, 1.807) is 24.3 Å². The zero-order valence-electron chi connectivity index (χ0n) is 13.9. The molecule has 0 saturated heterocycles. The van der Waals surface area contributed by atoms with E-state index in [0.29, 0.717) is 11.5 Å². The van der Waals surface area contributed by atoms with Gasteiger partial charge in [-0.3, -0.25) is 4.79 Å². The van der Waals surface area contributed by atoms with Gasteiger partial charge in [0.25, 0.3) is 0 Å². The Morgan fingerprint density at radius 3 is 2.37 bits per heavy atom. The molecule has 0 saturated carbocycles. The SMILES string of the molecule is O=C(Cn1cnc([N+](=O)[O-])n1)NCc1ccc(Oc2ccc(F)cc2)cc1. The predicted octanol–water partition coefficient (Wildman–Crippen LogP) is 2.43. The van der Waals surface area contributed by atoms with Crippen LogP contribution in [0.1, 0.15) is 5.56 Å². The molecule has 0 fully saturated rings. The fourth-order valence-corrected chi connectivity index (χ4v) is 2.16. The van der Waals surface area contributed by atoms with Gasteiger partial charge in [-0.1, -0.05) is 17.1 Å². The fourth-order valence-electron chi connectivity index (χ4n) is 2.16. The molecular weight excluding hydrogens is 357 g/mol. The van der Waals surface area contributed by atoms with Gasteiger partial charge in [-0.25, -0.2) is 4.39 Å². The van der Waals surface area contributed by atoms with Crippen LogP contribution >= 0.6 is 0 Å². The fraction of sp³-hybridized carbons (Fsp3) is 0.118. The van der Waals surface area contributed by atoms with Crippen LogP contribution in [0.25, 0.3) is 0 Å². The highest BCUT2D eigenvalue weighted by Crippen LogP contribution is 2.21. The van der Waals surface area contributed by atoms with E-state index >= 15 is 0 Å². The van der Waals surface area contributed by atoms with Gasteiger partial charge in [-0.05, 0) is 46.9 Å². The number of aromatic nitrogens is 3. The van der Waals surface area contributed by atoms with Crippen LogP contribution in [0, 0.1) is 15.9 Å². The first-order valence-electron chi connectivity index (χ1n) is 7.82. The molecule has 0 unspecified atom stereocenters. The molecule has 0 bridgehead atoms. The molecule has 2 aromatic carbocycles. The lowest BCUT2D eigenvalue weighted by Gasteiger charge is -2.08. The largest absolute Gasteiger partial charge is 0.490 e. The molecule has 0 aliphatic heterocycles. The van der Waals surface area contributed by atoms with E-state index in [0.717, 1.165) is 16.6 Å². The van der Waals surface area contributed by atoms with Crippen LogP contribution in [-0.2, 0) is 17.9 Å². The molecule has 0 atom stereocenters. The van der Waals surface area contributed by atoms with Gasteiger partial charge in [0.15, 0.2) is 0 Å². The number of ether oxygens (including phenoxy) is 1. The molecular formula is C17H14FN5O4. The van der Waals surface area contributed by atoms with E-state index in [2.05, 4.69) is 15.4 Å². The average Bonchev–Trinajstić information content (AvgIpc) is 3.12. The molecule has 10 heteroatoms. The van der Waals surface area contributed by atoms with Gasteiger partial charge in [0.2, 0.25) is 12.2 Å². The lowest BCUT2D eigenvalue weighted by Crippen LogP contribution is -2.27. The number of carbonyl (C=O) groups excluding carboxylic acids is 1. The van der Waals surface area contributed by atoms with E-state index < -0.39 is 10.9 Å². The highest BCUT2D eigenvalue weighted by atomic mass is 19.1. The quantitative estimate of drug-likeness (QED) is 0.504. The van der Waals surface area contributed by atoms with Crippen molar-refractivity contribution in [3.8, 4) is 11.5 Å². The molecule has 9 nitrogen and oxygen atoms in total. The monoisotopic (exact) mass is 371 g/mol. The summed E-state index contributed by atoms with van der Waals surface area (Å²) in [5.74, 6) is -0.166. The van der Waals surface area contributed by atoms with Crippen LogP contribution in [0.3, 0.4) is 0 Å². The summed E-state index contributed by atoms with van der Waals surface area (Å²) in [5.41, 5.74) is 0.833. The van der Waals surface area contributed by atoms with Crippen LogP contribution in [0.2, 0.25) is 0 Å². The summed E-state index contributed by atoms with van der Waals surface area (Å²) in [6.45, 7) is 0.0963. The number of nitrogens with zero attached hydrogens (tertiary/aromatic N) is 4. The number of nitro groups is 1. The van der Waals surface area contributed by atoms with Gasteiger partial charge in [-0.15, -0.1) is 0 Å². The van der Waals surface area contributed by atoms with E-state index in [9.17, 15) is 19.3 Å². The van der Waals surface area contributed by atoms with Crippen molar-refractivity contribution in [3.05, 3.63) is 76.4 Å². The minimum absolute atomic E-state index is 0.174. The van der Waals surface area contributed by atoms with Gasteiger partial charge in [0.1, 0.15) is 23.9 Å². The molecule has 0 aliphatic rings. The Morgan fingerprint density at radius 2 is 1.78 bits per heavy atom. The Bertz CT molecular complexity index is 941. The van der Waals surface area contributed by atoms with Crippen LogP contribution in [0.5, 0.6) is 11.5 Å². The first kappa shape index (κ1) is 18.0. The van der Waals surface area contributed by atoms with Crippen molar-refractivity contribution in [1.82, 2.24) is 20.1 Å². The number of halogens is 1. The number of rotatable bonds is 7. The Balaban J connectivity index is 1.49. The summed E-state index contributed by atoms with van der Waals surface area (Å²) < 4.78 is 19.6. The number of benzene rings is 2. The minimum atomic E-state index is -0.732. The highest BCUT2D eigenvalue weighted by Gasteiger charge is 2.15. The van der Waals surface area contributed by atoms with Crippen LogP contribution in [-0.4, -0.2) is 25.6 Å². The number of nitrogens with one attached hydrogen (secondary N) is 1. The normalized spacial score (nSPS) is 10.4. The van der Waals surface area contributed by atoms with E-state index in [1.165, 1.54) is 24.3 Å². The van der Waals surface area contributed by atoms with Gasteiger partial charge in [-0.2, -0.15) is 4.68 Å². The van der Waals surface area contributed by atoms with E-state index in [-0.39, 0.29) is 24.8 Å². The number of hydrogen-bond acceptors (Lipinski definition) is 6. The Morgan fingerprint density at radius 1 is 1.15 bits per heavy atom. The summed E-state index contributed by atoms with van der Waals surface area (Å²) >= 11 is 0. The average molecular weight is 371 g/mol. The summed E-state index contributed by atoms with van der Waals surface area (Å²) in [7, 11) is 0. The van der Waals surface area contributed by atoms with Crippen LogP contribution in [0.15, 0.2) is 54.9 Å². The second-order valence-electron chi connectivity index (χ2n) is 5.48. The summed E-state index contributed by atoms with van der Waals surface area (Å²) in [4.78, 5) is 25.1. The Kier molecular flexibility index (Phi) is 5.36. The maximum absolute atomic E-state index is 12.9. The van der Waals surface area contributed by atoms with Gasteiger partial charge >= 0.3 is 5.95 Å². The third kappa shape index (κ3) is 5.08. The predicted molar refractivity (Wildman–Crippen MR) is 91.4 cm³/mol. The molecule has 1 heterocycles. The molecule has 1 amide bonds. The number of hydrogen-bond donors (Lipinski definition) is 1. The number of amides is 1. The van der Waals surface area contributed by atoms with E-state index in [1.807, 2.05) is 0 Å². The first-order valence-corrected chi connectivity index (χ1v) is 7.82. The van der Waals surface area contributed by atoms with Crippen molar-refractivity contribution in [2.45, 2.75) is 13.1 Å². The first-order chi connectivity index (χ1) is 13.0. The number of carbonyl (C=O) groups is 1. The molecule has 27 heavy (non-hydrogen) atoms. The lowest BCUT2D eigenvalue weighted by molar-refractivity contribution is -0.394. The molecule has 0 aliphatic carbocycles. The molecule has 1 aromatic heterocycles. The zero-order chi connectivity index (χ0) is 19.2. The van der Waals surface area contributed by atoms with Crippen molar-refractivity contribution in [1.29, 1.82) is 0 Å². The molecule has 3 aromatic rings. The van der Waals surface area contributed by atoms with E-state index in [4.69, 9.17) is 4.74 Å². The molecule has 0 spiro atoms. The van der Waals surface area contributed by atoms with Gasteiger partial charge in [0.05, 0.1) is 0 Å². The third-order valence-corrected chi connectivity index (χ3v) is 3.46. The lowest BCUT2D eigenvalue weighted by atomic mass is 10.2. The zero-order valence-corrected chi connectivity index (χ0v) is 13.9.